The van der Waals surface area contributed by atoms with E-state index in [0.29, 0.717) is 18.2 Å². The molecule has 1 amide bonds. The van der Waals surface area contributed by atoms with Gasteiger partial charge in [-0.25, -0.2) is 9.97 Å². The van der Waals surface area contributed by atoms with Crippen molar-refractivity contribution in [3.8, 4) is 0 Å². The first-order valence-corrected chi connectivity index (χ1v) is 8.23. The van der Waals surface area contributed by atoms with Crippen LogP contribution >= 0.6 is 0 Å². The van der Waals surface area contributed by atoms with Crippen molar-refractivity contribution in [1.82, 2.24) is 20.6 Å². The van der Waals surface area contributed by atoms with Gasteiger partial charge in [0.25, 0.3) is 5.91 Å². The number of amides is 1. The second kappa shape index (κ2) is 6.08. The highest BCUT2D eigenvalue weighted by Gasteiger charge is 2.27. The minimum absolute atomic E-state index is 0.126. The maximum absolute atomic E-state index is 12.4. The predicted molar refractivity (Wildman–Crippen MR) is 87.2 cm³/mol. The molecule has 23 heavy (non-hydrogen) atoms. The number of carbonyl (C=O) groups excluding carboxylic acids is 1. The Kier molecular flexibility index (Phi) is 3.79. The Morgan fingerprint density at radius 3 is 3.00 bits per heavy atom. The topological polar surface area (TPSA) is 66.9 Å². The first kappa shape index (κ1) is 14.3. The molecule has 5 heteroatoms. The van der Waals surface area contributed by atoms with E-state index in [1.807, 2.05) is 6.07 Å². The van der Waals surface area contributed by atoms with Crippen LogP contribution in [0.4, 0.5) is 0 Å². The van der Waals surface area contributed by atoms with E-state index in [9.17, 15) is 4.79 Å². The Bertz CT molecular complexity index is 726. The summed E-state index contributed by atoms with van der Waals surface area (Å²) in [5.41, 5.74) is 3.11. The summed E-state index contributed by atoms with van der Waals surface area (Å²) in [6, 6.07) is 10.3. The summed E-state index contributed by atoms with van der Waals surface area (Å²) in [6.07, 6.45) is 4.99. The summed E-state index contributed by atoms with van der Waals surface area (Å²) < 4.78 is 0. The van der Waals surface area contributed by atoms with E-state index in [4.69, 9.17) is 0 Å². The number of benzene rings is 1. The third-order valence-corrected chi connectivity index (χ3v) is 4.53. The van der Waals surface area contributed by atoms with Gasteiger partial charge >= 0.3 is 0 Å². The fraction of sp³-hybridized carbons (Fsp3) is 0.389. The molecule has 1 aromatic heterocycles. The smallest absolute Gasteiger partial charge is 0.270 e. The summed E-state index contributed by atoms with van der Waals surface area (Å²) in [5, 5.41) is 6.48. The van der Waals surface area contributed by atoms with Gasteiger partial charge in [0.1, 0.15) is 11.5 Å². The fourth-order valence-electron chi connectivity index (χ4n) is 3.10. The van der Waals surface area contributed by atoms with Crippen LogP contribution in [-0.4, -0.2) is 29.0 Å². The lowest BCUT2D eigenvalue weighted by molar-refractivity contribution is 0.0943. The van der Waals surface area contributed by atoms with Gasteiger partial charge in [-0.1, -0.05) is 24.3 Å². The van der Waals surface area contributed by atoms with Crippen molar-refractivity contribution in [1.29, 1.82) is 0 Å². The Morgan fingerprint density at radius 2 is 2.13 bits per heavy atom. The zero-order valence-electron chi connectivity index (χ0n) is 13.0. The molecule has 1 saturated carbocycles. The van der Waals surface area contributed by atoms with Crippen molar-refractivity contribution in [2.45, 2.75) is 31.2 Å². The minimum Gasteiger partial charge on any atom is -0.349 e. The molecule has 1 atom stereocenters. The third-order valence-electron chi connectivity index (χ3n) is 4.53. The Morgan fingerprint density at radius 1 is 1.26 bits per heavy atom. The number of aromatic nitrogens is 2. The summed E-state index contributed by atoms with van der Waals surface area (Å²) in [4.78, 5) is 21.0. The van der Waals surface area contributed by atoms with Crippen molar-refractivity contribution >= 4 is 5.91 Å². The molecule has 0 spiro atoms. The number of fused-ring (bicyclic) bond motifs is 1. The molecule has 1 aromatic carbocycles. The Hall–Kier alpha value is -2.27. The van der Waals surface area contributed by atoms with Gasteiger partial charge in [-0.2, -0.15) is 0 Å². The molecule has 1 fully saturated rings. The van der Waals surface area contributed by atoms with Gasteiger partial charge in [0, 0.05) is 24.7 Å². The number of nitrogens with one attached hydrogen (secondary N) is 2. The van der Waals surface area contributed by atoms with Crippen molar-refractivity contribution in [2.24, 2.45) is 0 Å². The van der Waals surface area contributed by atoms with Crippen molar-refractivity contribution in [3.05, 3.63) is 59.2 Å². The largest absolute Gasteiger partial charge is 0.349 e. The lowest BCUT2D eigenvalue weighted by Gasteiger charge is -2.27. The number of hydrogen-bond donors (Lipinski definition) is 2. The van der Waals surface area contributed by atoms with Crippen LogP contribution in [-0.2, 0) is 6.42 Å². The van der Waals surface area contributed by atoms with E-state index in [0.717, 1.165) is 31.6 Å². The number of carbonyl (C=O) groups is 1. The standard InChI is InChI=1S/C18H20N4O/c23-18(15-8-10-20-17(22-15)13-5-6-13)21-11-16-14-4-2-1-3-12(14)7-9-19-16/h1-4,8,10,13,16,19H,5-7,9,11H2,(H,21,23). The maximum Gasteiger partial charge on any atom is 0.270 e. The van der Waals surface area contributed by atoms with Crippen LogP contribution in [0.25, 0.3) is 0 Å². The van der Waals surface area contributed by atoms with Gasteiger partial charge in [0.15, 0.2) is 0 Å². The second-order valence-electron chi connectivity index (χ2n) is 6.24. The lowest BCUT2D eigenvalue weighted by atomic mass is 9.94. The van der Waals surface area contributed by atoms with E-state index in [1.165, 1.54) is 11.1 Å². The quantitative estimate of drug-likeness (QED) is 0.906. The molecule has 118 valence electrons. The van der Waals surface area contributed by atoms with E-state index in [2.05, 4.69) is 38.8 Å². The van der Waals surface area contributed by atoms with Gasteiger partial charge < -0.3 is 10.6 Å². The van der Waals surface area contributed by atoms with Crippen molar-refractivity contribution in [2.75, 3.05) is 13.1 Å². The first-order chi connectivity index (χ1) is 11.3. The molecular weight excluding hydrogens is 288 g/mol. The van der Waals surface area contributed by atoms with Crippen LogP contribution in [0.2, 0.25) is 0 Å². The van der Waals surface area contributed by atoms with E-state index in [-0.39, 0.29) is 11.9 Å². The predicted octanol–water partition coefficient (Wildman–Crippen LogP) is 1.97. The SMILES string of the molecule is O=C(NCC1NCCc2ccccc21)c1ccnc(C2CC2)n1. The normalized spacial score (nSPS) is 19.9. The zero-order chi connectivity index (χ0) is 15.6. The first-order valence-electron chi connectivity index (χ1n) is 8.23. The average Bonchev–Trinajstić information content (AvgIpc) is 3.45. The van der Waals surface area contributed by atoms with Gasteiger partial charge in [0.2, 0.25) is 0 Å². The third kappa shape index (κ3) is 3.10. The van der Waals surface area contributed by atoms with Crippen LogP contribution in [0.15, 0.2) is 36.5 Å². The van der Waals surface area contributed by atoms with Crippen molar-refractivity contribution in [3.63, 3.8) is 0 Å². The minimum atomic E-state index is -0.126. The molecule has 0 saturated heterocycles. The van der Waals surface area contributed by atoms with E-state index < -0.39 is 0 Å². The number of nitrogens with zero attached hydrogens (tertiary/aromatic N) is 2. The van der Waals surface area contributed by atoms with Crippen LogP contribution in [0.1, 0.15) is 52.2 Å². The summed E-state index contributed by atoms with van der Waals surface area (Å²) in [7, 11) is 0. The summed E-state index contributed by atoms with van der Waals surface area (Å²) in [5.74, 6) is 1.13. The summed E-state index contributed by atoms with van der Waals surface area (Å²) >= 11 is 0. The number of rotatable bonds is 4. The fourth-order valence-corrected chi connectivity index (χ4v) is 3.10. The zero-order valence-corrected chi connectivity index (χ0v) is 13.0. The second-order valence-corrected chi connectivity index (χ2v) is 6.24. The molecule has 1 aliphatic carbocycles. The maximum atomic E-state index is 12.4. The molecule has 0 radical (unpaired) electrons. The van der Waals surface area contributed by atoms with Gasteiger partial charge in [-0.3, -0.25) is 4.79 Å². The van der Waals surface area contributed by atoms with E-state index in [1.54, 1.807) is 12.3 Å². The van der Waals surface area contributed by atoms with Crippen molar-refractivity contribution < 1.29 is 4.79 Å². The Balaban J connectivity index is 1.43. The average molecular weight is 308 g/mol. The number of hydrogen-bond acceptors (Lipinski definition) is 4. The van der Waals surface area contributed by atoms with Crippen LogP contribution in [0.3, 0.4) is 0 Å². The highest BCUT2D eigenvalue weighted by molar-refractivity contribution is 5.92. The molecule has 2 heterocycles. The van der Waals surface area contributed by atoms with Gasteiger partial charge in [-0.15, -0.1) is 0 Å². The Labute approximate surface area is 135 Å². The molecule has 0 bridgehead atoms. The highest BCUT2D eigenvalue weighted by Crippen LogP contribution is 2.37. The molecule has 5 nitrogen and oxygen atoms in total. The van der Waals surface area contributed by atoms with E-state index >= 15 is 0 Å². The molecule has 1 aliphatic heterocycles. The molecular formula is C18H20N4O. The molecule has 4 rings (SSSR count). The summed E-state index contributed by atoms with van der Waals surface area (Å²) in [6.45, 7) is 1.51. The van der Waals surface area contributed by atoms with Gasteiger partial charge in [0.05, 0.1) is 0 Å². The monoisotopic (exact) mass is 308 g/mol. The molecule has 2 aromatic rings. The lowest BCUT2D eigenvalue weighted by Crippen LogP contribution is -2.39. The molecule has 1 unspecified atom stereocenters. The van der Waals surface area contributed by atoms with Crippen LogP contribution in [0, 0.1) is 0 Å². The van der Waals surface area contributed by atoms with Crippen LogP contribution in [0.5, 0.6) is 0 Å². The van der Waals surface area contributed by atoms with Gasteiger partial charge in [-0.05, 0) is 43.0 Å². The highest BCUT2D eigenvalue weighted by atomic mass is 16.1. The molecule has 2 aliphatic rings. The van der Waals surface area contributed by atoms with Crippen LogP contribution < -0.4 is 10.6 Å². The molecule has 2 N–H and O–H groups in total.